The molecule has 0 saturated heterocycles. The Balaban J connectivity index is 2.04. The summed E-state index contributed by atoms with van der Waals surface area (Å²) in [6.07, 6.45) is 2.54. The summed E-state index contributed by atoms with van der Waals surface area (Å²) in [5.41, 5.74) is 0.516. The second-order valence-electron chi connectivity index (χ2n) is 4.33. The molecule has 0 fully saturated rings. The Hall–Kier alpha value is -3.29. The number of rotatable bonds is 6. The van der Waals surface area contributed by atoms with Crippen molar-refractivity contribution in [1.29, 1.82) is 0 Å². The Morgan fingerprint density at radius 2 is 1.96 bits per heavy atom. The number of hydrogen-bond donors (Lipinski definition) is 1. The molecule has 1 N–H and O–H groups in total. The van der Waals surface area contributed by atoms with E-state index >= 15 is 0 Å². The van der Waals surface area contributed by atoms with Crippen LogP contribution >= 0.6 is 0 Å². The van der Waals surface area contributed by atoms with E-state index in [1.165, 1.54) is 38.5 Å². The van der Waals surface area contributed by atoms with Crippen LogP contribution in [0.2, 0.25) is 0 Å². The van der Waals surface area contributed by atoms with E-state index in [0.717, 1.165) is 0 Å². The van der Waals surface area contributed by atoms with Crippen molar-refractivity contribution in [3.05, 3.63) is 52.3 Å². The molecule has 8 heteroatoms. The average Bonchev–Trinajstić information content (AvgIpc) is 3.02. The predicted molar refractivity (Wildman–Crippen MR) is 82.6 cm³/mol. The van der Waals surface area contributed by atoms with Gasteiger partial charge in [-0.05, 0) is 24.3 Å². The van der Waals surface area contributed by atoms with Crippen molar-refractivity contribution in [1.82, 2.24) is 0 Å². The lowest BCUT2D eigenvalue weighted by Gasteiger charge is -2.09. The minimum Gasteiger partial charge on any atom is -0.493 e. The van der Waals surface area contributed by atoms with E-state index in [2.05, 4.69) is 5.32 Å². The number of hydrogen-bond acceptors (Lipinski definition) is 6. The Labute approximate surface area is 131 Å². The van der Waals surface area contributed by atoms with Gasteiger partial charge < -0.3 is 19.2 Å². The first-order valence-corrected chi connectivity index (χ1v) is 6.49. The van der Waals surface area contributed by atoms with E-state index in [1.807, 2.05) is 0 Å². The maximum Gasteiger partial charge on any atom is 0.433 e. The first kappa shape index (κ1) is 16.1. The molecule has 2 rings (SSSR count). The Bertz CT molecular complexity index is 750. The monoisotopic (exact) mass is 318 g/mol. The number of benzene rings is 1. The van der Waals surface area contributed by atoms with Gasteiger partial charge in [0.2, 0.25) is 5.91 Å². The molecule has 120 valence electrons. The van der Waals surface area contributed by atoms with Crippen LogP contribution < -0.4 is 14.8 Å². The number of nitro groups is 1. The van der Waals surface area contributed by atoms with Gasteiger partial charge in [0.15, 0.2) is 11.5 Å². The number of nitrogens with one attached hydrogen (secondary N) is 1. The Morgan fingerprint density at radius 1 is 1.22 bits per heavy atom. The molecule has 1 heterocycles. The number of amides is 1. The van der Waals surface area contributed by atoms with Gasteiger partial charge in [0, 0.05) is 17.8 Å². The fourth-order valence-corrected chi connectivity index (χ4v) is 1.79. The first-order chi connectivity index (χ1) is 11.0. The fourth-order valence-electron chi connectivity index (χ4n) is 1.79. The lowest BCUT2D eigenvalue weighted by Crippen LogP contribution is -2.07. The normalized spacial score (nSPS) is 10.5. The highest BCUT2D eigenvalue weighted by Gasteiger charge is 2.10. The molecular formula is C15H14N2O6. The number of furan rings is 1. The van der Waals surface area contributed by atoms with Crippen molar-refractivity contribution in [3.63, 3.8) is 0 Å². The molecule has 8 nitrogen and oxygen atoms in total. The highest BCUT2D eigenvalue weighted by molar-refractivity contribution is 6.01. The summed E-state index contributed by atoms with van der Waals surface area (Å²) in [5, 5.41) is 13.1. The second kappa shape index (κ2) is 7.12. The van der Waals surface area contributed by atoms with Gasteiger partial charge in [0.25, 0.3) is 0 Å². The van der Waals surface area contributed by atoms with Crippen molar-refractivity contribution in [2.75, 3.05) is 19.5 Å². The molecule has 0 aliphatic heterocycles. The third-order valence-corrected chi connectivity index (χ3v) is 2.84. The highest BCUT2D eigenvalue weighted by atomic mass is 16.6. The van der Waals surface area contributed by atoms with Crippen LogP contribution in [0.5, 0.6) is 11.5 Å². The molecule has 0 radical (unpaired) electrons. The topological polar surface area (TPSA) is 104 Å². The predicted octanol–water partition coefficient (Wildman–Crippen LogP) is 2.86. The van der Waals surface area contributed by atoms with Crippen molar-refractivity contribution >= 4 is 23.6 Å². The lowest BCUT2D eigenvalue weighted by atomic mass is 10.2. The van der Waals surface area contributed by atoms with Crippen LogP contribution in [-0.4, -0.2) is 25.1 Å². The standard InChI is InChI=1S/C15H14N2O6/c1-21-12-6-3-10(9-13(12)22-2)16-14(18)7-4-11-5-8-15(23-11)17(19)20/h3-9H,1-2H3,(H,16,18). The molecule has 1 amide bonds. The average molecular weight is 318 g/mol. The third-order valence-electron chi connectivity index (χ3n) is 2.84. The minimum absolute atomic E-state index is 0.208. The molecule has 0 saturated carbocycles. The van der Waals surface area contributed by atoms with Gasteiger partial charge in [-0.2, -0.15) is 0 Å². The van der Waals surface area contributed by atoms with Gasteiger partial charge in [-0.25, -0.2) is 0 Å². The highest BCUT2D eigenvalue weighted by Crippen LogP contribution is 2.29. The summed E-state index contributed by atoms with van der Waals surface area (Å²) in [5.74, 6) is 0.431. The van der Waals surface area contributed by atoms with Gasteiger partial charge in [-0.1, -0.05) is 0 Å². The number of anilines is 1. The van der Waals surface area contributed by atoms with Crippen LogP contribution in [-0.2, 0) is 4.79 Å². The van der Waals surface area contributed by atoms with Crippen LogP contribution in [0.25, 0.3) is 6.08 Å². The van der Waals surface area contributed by atoms with Crippen molar-refractivity contribution < 1.29 is 23.6 Å². The molecule has 1 aromatic carbocycles. The summed E-state index contributed by atoms with van der Waals surface area (Å²) in [6.45, 7) is 0. The summed E-state index contributed by atoms with van der Waals surface area (Å²) >= 11 is 0. The van der Waals surface area contributed by atoms with Crippen LogP contribution in [0.4, 0.5) is 11.6 Å². The maximum atomic E-state index is 11.8. The van der Waals surface area contributed by atoms with E-state index in [4.69, 9.17) is 13.9 Å². The number of carbonyl (C=O) groups excluding carboxylic acids is 1. The third kappa shape index (κ3) is 4.10. The molecule has 0 bridgehead atoms. The smallest absolute Gasteiger partial charge is 0.433 e. The van der Waals surface area contributed by atoms with E-state index in [0.29, 0.717) is 17.2 Å². The number of ether oxygens (including phenoxy) is 2. The second-order valence-corrected chi connectivity index (χ2v) is 4.33. The molecule has 0 aliphatic carbocycles. The first-order valence-electron chi connectivity index (χ1n) is 6.49. The summed E-state index contributed by atoms with van der Waals surface area (Å²) in [6, 6.07) is 7.55. The molecule has 2 aromatic rings. The van der Waals surface area contributed by atoms with E-state index in [9.17, 15) is 14.9 Å². The lowest BCUT2D eigenvalue weighted by molar-refractivity contribution is -0.402. The summed E-state index contributed by atoms with van der Waals surface area (Å²) in [4.78, 5) is 21.7. The molecule has 0 atom stereocenters. The summed E-state index contributed by atoms with van der Waals surface area (Å²) in [7, 11) is 3.01. The van der Waals surface area contributed by atoms with Crippen molar-refractivity contribution in [2.45, 2.75) is 0 Å². The largest absolute Gasteiger partial charge is 0.493 e. The van der Waals surface area contributed by atoms with E-state index in [-0.39, 0.29) is 11.6 Å². The fraction of sp³-hybridized carbons (Fsp3) is 0.133. The quantitative estimate of drug-likeness (QED) is 0.499. The van der Waals surface area contributed by atoms with Gasteiger partial charge >= 0.3 is 5.88 Å². The van der Waals surface area contributed by atoms with Gasteiger partial charge in [0.1, 0.15) is 10.7 Å². The zero-order valence-electron chi connectivity index (χ0n) is 12.4. The van der Waals surface area contributed by atoms with Gasteiger partial charge in [-0.15, -0.1) is 0 Å². The van der Waals surface area contributed by atoms with Crippen molar-refractivity contribution in [3.8, 4) is 11.5 Å². The zero-order valence-corrected chi connectivity index (χ0v) is 12.4. The number of nitrogens with zero attached hydrogens (tertiary/aromatic N) is 1. The summed E-state index contributed by atoms with van der Waals surface area (Å²) < 4.78 is 15.2. The molecule has 0 unspecified atom stereocenters. The Morgan fingerprint density at radius 3 is 2.57 bits per heavy atom. The van der Waals surface area contributed by atoms with E-state index in [1.54, 1.807) is 18.2 Å². The zero-order chi connectivity index (χ0) is 16.8. The van der Waals surface area contributed by atoms with Crippen LogP contribution in [0, 0.1) is 10.1 Å². The van der Waals surface area contributed by atoms with Crippen molar-refractivity contribution in [2.24, 2.45) is 0 Å². The van der Waals surface area contributed by atoms with Gasteiger partial charge in [-0.3, -0.25) is 14.9 Å². The number of methoxy groups -OCH3 is 2. The molecule has 23 heavy (non-hydrogen) atoms. The van der Waals surface area contributed by atoms with Crippen LogP contribution in [0.3, 0.4) is 0 Å². The maximum absolute atomic E-state index is 11.8. The molecule has 1 aromatic heterocycles. The van der Waals surface area contributed by atoms with E-state index < -0.39 is 10.8 Å². The minimum atomic E-state index is -0.652. The SMILES string of the molecule is COc1ccc(NC(=O)C=Cc2ccc([N+](=O)[O-])o2)cc1OC. The van der Waals surface area contributed by atoms with Gasteiger partial charge in [0.05, 0.1) is 20.3 Å². The molecular weight excluding hydrogens is 304 g/mol. The Kier molecular flexibility index (Phi) is 4.98. The number of carbonyl (C=O) groups is 1. The van der Waals surface area contributed by atoms with Crippen LogP contribution in [0.1, 0.15) is 5.76 Å². The molecule has 0 spiro atoms. The van der Waals surface area contributed by atoms with Crippen LogP contribution in [0.15, 0.2) is 40.8 Å². The molecule has 0 aliphatic rings.